The highest BCUT2D eigenvalue weighted by Gasteiger charge is 2.12. The van der Waals surface area contributed by atoms with Gasteiger partial charge in [-0.1, -0.05) is 12.1 Å². The van der Waals surface area contributed by atoms with Crippen LogP contribution in [0.3, 0.4) is 0 Å². The number of hydrogen-bond acceptors (Lipinski definition) is 2. The molecule has 0 bridgehead atoms. The molecule has 0 radical (unpaired) electrons. The second-order valence-corrected chi connectivity index (χ2v) is 2.87. The Morgan fingerprint density at radius 2 is 2.00 bits per heavy atom. The summed E-state index contributed by atoms with van der Waals surface area (Å²) in [6.45, 7) is -0.397. The Morgan fingerprint density at radius 3 is 2.40 bits per heavy atom. The maximum atomic E-state index is 12.5. The molecule has 1 rings (SSSR count). The molecule has 0 spiro atoms. The van der Waals surface area contributed by atoms with Gasteiger partial charge in [-0.25, -0.2) is 8.78 Å². The van der Waals surface area contributed by atoms with Crippen molar-refractivity contribution in [1.29, 1.82) is 0 Å². The predicted octanol–water partition coefficient (Wildman–Crippen LogP) is 2.34. The van der Waals surface area contributed by atoms with E-state index in [9.17, 15) is 8.78 Å². The van der Waals surface area contributed by atoms with E-state index in [4.69, 9.17) is 9.84 Å². The first-order valence-electron chi connectivity index (χ1n) is 4.42. The summed E-state index contributed by atoms with van der Waals surface area (Å²) in [5.41, 5.74) is 0.222. The Kier molecular flexibility index (Phi) is 4.24. The van der Waals surface area contributed by atoms with Crippen LogP contribution in [-0.2, 0) is 0 Å². The second-order valence-electron chi connectivity index (χ2n) is 2.87. The van der Waals surface area contributed by atoms with E-state index in [1.807, 2.05) is 0 Å². The van der Waals surface area contributed by atoms with Crippen molar-refractivity contribution in [2.75, 3.05) is 13.7 Å². The molecule has 0 saturated heterocycles. The zero-order chi connectivity index (χ0) is 11.3. The monoisotopic (exact) mass is 214 g/mol. The van der Waals surface area contributed by atoms with Crippen LogP contribution in [0.1, 0.15) is 5.56 Å². The lowest BCUT2D eigenvalue weighted by atomic mass is 10.1. The number of halogens is 2. The van der Waals surface area contributed by atoms with E-state index in [0.29, 0.717) is 11.3 Å². The summed E-state index contributed by atoms with van der Waals surface area (Å²) < 4.78 is 30.0. The Labute approximate surface area is 86.8 Å². The van der Waals surface area contributed by atoms with Gasteiger partial charge in [0.25, 0.3) is 6.43 Å². The van der Waals surface area contributed by atoms with Crippen molar-refractivity contribution in [2.24, 2.45) is 0 Å². The number of ether oxygens (including phenoxy) is 1. The van der Waals surface area contributed by atoms with E-state index in [-0.39, 0.29) is 5.57 Å². The SMILES string of the molecule is COc1ccc(/C(=C\CO)C(F)F)cc1. The summed E-state index contributed by atoms with van der Waals surface area (Å²) in [4.78, 5) is 0. The highest BCUT2D eigenvalue weighted by molar-refractivity contribution is 5.68. The average molecular weight is 214 g/mol. The fourth-order valence-electron chi connectivity index (χ4n) is 1.21. The van der Waals surface area contributed by atoms with Crippen LogP contribution >= 0.6 is 0 Å². The molecule has 2 nitrogen and oxygen atoms in total. The molecule has 0 aliphatic carbocycles. The Morgan fingerprint density at radius 1 is 1.40 bits per heavy atom. The minimum atomic E-state index is -2.59. The van der Waals surface area contributed by atoms with E-state index >= 15 is 0 Å². The number of methoxy groups -OCH3 is 1. The summed E-state index contributed by atoms with van der Waals surface area (Å²) in [6.07, 6.45) is -1.49. The number of allylic oxidation sites excluding steroid dienone is 1. The van der Waals surface area contributed by atoms with Gasteiger partial charge in [-0.05, 0) is 23.8 Å². The van der Waals surface area contributed by atoms with Crippen LogP contribution in [0.25, 0.3) is 5.57 Å². The number of aliphatic hydroxyl groups is 1. The van der Waals surface area contributed by atoms with Gasteiger partial charge in [0.05, 0.1) is 13.7 Å². The first-order valence-corrected chi connectivity index (χ1v) is 4.42. The number of alkyl halides is 2. The molecule has 82 valence electrons. The van der Waals surface area contributed by atoms with Gasteiger partial charge in [-0.15, -0.1) is 0 Å². The van der Waals surface area contributed by atoms with E-state index in [2.05, 4.69) is 0 Å². The number of hydrogen-bond donors (Lipinski definition) is 1. The van der Waals surface area contributed by atoms with Gasteiger partial charge >= 0.3 is 0 Å². The number of benzene rings is 1. The van der Waals surface area contributed by atoms with Crippen LogP contribution in [0.5, 0.6) is 5.75 Å². The molecule has 0 aromatic heterocycles. The first-order chi connectivity index (χ1) is 7.19. The third kappa shape index (κ3) is 3.02. The maximum Gasteiger partial charge on any atom is 0.264 e. The van der Waals surface area contributed by atoms with E-state index in [0.717, 1.165) is 6.08 Å². The third-order valence-corrected chi connectivity index (χ3v) is 1.97. The molecule has 1 aromatic rings. The highest BCUT2D eigenvalue weighted by atomic mass is 19.3. The zero-order valence-electron chi connectivity index (χ0n) is 8.28. The zero-order valence-corrected chi connectivity index (χ0v) is 8.28. The number of aliphatic hydroxyl groups excluding tert-OH is 1. The van der Waals surface area contributed by atoms with Gasteiger partial charge in [0.1, 0.15) is 5.75 Å². The molecule has 0 unspecified atom stereocenters. The predicted molar refractivity (Wildman–Crippen MR) is 54.1 cm³/mol. The molecule has 0 atom stereocenters. The molecule has 0 amide bonds. The van der Waals surface area contributed by atoms with Crippen molar-refractivity contribution in [2.45, 2.75) is 6.43 Å². The molecule has 1 N–H and O–H groups in total. The second kappa shape index (κ2) is 5.46. The quantitative estimate of drug-likeness (QED) is 0.833. The van der Waals surface area contributed by atoms with Crippen LogP contribution in [0.4, 0.5) is 8.78 Å². The average Bonchev–Trinajstić information content (AvgIpc) is 2.26. The molecule has 15 heavy (non-hydrogen) atoms. The van der Waals surface area contributed by atoms with Crippen LogP contribution in [0.15, 0.2) is 30.3 Å². The molecule has 0 fully saturated rings. The van der Waals surface area contributed by atoms with E-state index in [1.54, 1.807) is 12.1 Å². The minimum Gasteiger partial charge on any atom is -0.497 e. The van der Waals surface area contributed by atoms with Crippen LogP contribution in [-0.4, -0.2) is 25.2 Å². The lowest BCUT2D eigenvalue weighted by molar-refractivity contribution is 0.213. The molecule has 4 heteroatoms. The lowest BCUT2D eigenvalue weighted by Gasteiger charge is -2.07. The summed E-state index contributed by atoms with van der Waals surface area (Å²) in [6, 6.07) is 6.27. The van der Waals surface area contributed by atoms with Crippen LogP contribution in [0, 0.1) is 0 Å². The van der Waals surface area contributed by atoms with Crippen LogP contribution < -0.4 is 4.74 Å². The summed E-state index contributed by atoms with van der Waals surface area (Å²) in [7, 11) is 1.51. The van der Waals surface area contributed by atoms with Crippen molar-refractivity contribution in [1.82, 2.24) is 0 Å². The van der Waals surface area contributed by atoms with Crippen molar-refractivity contribution in [3.05, 3.63) is 35.9 Å². The highest BCUT2D eigenvalue weighted by Crippen LogP contribution is 2.23. The third-order valence-electron chi connectivity index (χ3n) is 1.97. The van der Waals surface area contributed by atoms with Gasteiger partial charge in [-0.2, -0.15) is 0 Å². The van der Waals surface area contributed by atoms with Crippen LogP contribution in [0.2, 0.25) is 0 Å². The summed E-state index contributed by atoms with van der Waals surface area (Å²) >= 11 is 0. The molecule has 0 heterocycles. The molecule has 0 aliphatic heterocycles. The molecule has 0 aliphatic rings. The summed E-state index contributed by atoms with van der Waals surface area (Å²) in [5.74, 6) is 0.608. The lowest BCUT2D eigenvalue weighted by Crippen LogP contribution is -1.97. The van der Waals surface area contributed by atoms with Gasteiger partial charge in [0, 0.05) is 5.57 Å². The smallest absolute Gasteiger partial charge is 0.264 e. The van der Waals surface area contributed by atoms with Gasteiger partial charge in [0.2, 0.25) is 0 Å². The van der Waals surface area contributed by atoms with Crippen molar-refractivity contribution in [3.63, 3.8) is 0 Å². The fraction of sp³-hybridized carbons (Fsp3) is 0.273. The Hall–Kier alpha value is -1.42. The van der Waals surface area contributed by atoms with Crippen molar-refractivity contribution < 1.29 is 18.6 Å². The topological polar surface area (TPSA) is 29.5 Å². The van der Waals surface area contributed by atoms with Gasteiger partial charge in [0.15, 0.2) is 0 Å². The van der Waals surface area contributed by atoms with Gasteiger partial charge < -0.3 is 9.84 Å². The Bertz CT molecular complexity index is 331. The fourth-order valence-corrected chi connectivity index (χ4v) is 1.21. The van der Waals surface area contributed by atoms with E-state index < -0.39 is 13.0 Å². The minimum absolute atomic E-state index is 0.167. The normalized spacial score (nSPS) is 11.9. The van der Waals surface area contributed by atoms with Gasteiger partial charge in [-0.3, -0.25) is 0 Å². The molecule has 0 saturated carbocycles. The molecular weight excluding hydrogens is 202 g/mol. The van der Waals surface area contributed by atoms with Crippen molar-refractivity contribution in [3.8, 4) is 5.75 Å². The summed E-state index contributed by atoms with van der Waals surface area (Å²) in [5, 5.41) is 8.61. The Balaban J connectivity index is 2.97. The number of rotatable bonds is 4. The standard InChI is InChI=1S/C11H12F2O2/c1-15-9-4-2-8(3-5-9)10(6-7-14)11(12)13/h2-6,11,14H,7H2,1H3/b10-6+. The molecule has 1 aromatic carbocycles. The first kappa shape index (κ1) is 11.7. The van der Waals surface area contributed by atoms with Crippen molar-refractivity contribution >= 4 is 5.57 Å². The largest absolute Gasteiger partial charge is 0.497 e. The molecular formula is C11H12F2O2. The van der Waals surface area contributed by atoms with E-state index in [1.165, 1.54) is 19.2 Å². The maximum absolute atomic E-state index is 12.5.